The van der Waals surface area contributed by atoms with Crippen molar-refractivity contribution in [1.29, 1.82) is 0 Å². The van der Waals surface area contributed by atoms with E-state index in [2.05, 4.69) is 21.8 Å². The van der Waals surface area contributed by atoms with E-state index in [1.807, 2.05) is 0 Å². The minimum atomic E-state index is -3.10. The maximum atomic E-state index is 12.8. The number of hydrogen-bond acceptors (Lipinski definition) is 6. The Morgan fingerprint density at radius 1 is 1.22 bits per heavy atom. The zero-order valence-corrected chi connectivity index (χ0v) is 14.3. The standard InChI is InChI=1S/C15H22N4O3S/c1-3-4-18-5-6-19(14-10-23(21,22)9-13(14)18)15(20)12-7-16-11(2)17-8-12/h7-8,13-14H,3-6,9-10H2,1-2H3/t13-,14+/m1/s1. The van der Waals surface area contributed by atoms with Crippen LogP contribution in [0.2, 0.25) is 0 Å². The lowest BCUT2D eigenvalue weighted by Crippen LogP contribution is -2.60. The zero-order chi connectivity index (χ0) is 16.6. The maximum Gasteiger partial charge on any atom is 0.257 e. The largest absolute Gasteiger partial charge is 0.332 e. The number of carbonyl (C=O) groups is 1. The molecule has 0 saturated carbocycles. The van der Waals surface area contributed by atoms with Gasteiger partial charge in [0, 0.05) is 31.5 Å². The van der Waals surface area contributed by atoms with Crippen molar-refractivity contribution in [2.45, 2.75) is 32.4 Å². The Hall–Kier alpha value is -1.54. The van der Waals surface area contributed by atoms with E-state index >= 15 is 0 Å². The average molecular weight is 338 g/mol. The molecule has 23 heavy (non-hydrogen) atoms. The molecule has 0 spiro atoms. The molecule has 0 unspecified atom stereocenters. The Labute approximate surface area is 136 Å². The van der Waals surface area contributed by atoms with Gasteiger partial charge in [0.05, 0.1) is 23.1 Å². The Morgan fingerprint density at radius 2 is 1.87 bits per heavy atom. The highest BCUT2D eigenvalue weighted by atomic mass is 32.2. The van der Waals surface area contributed by atoms with Crippen LogP contribution in [0.15, 0.2) is 12.4 Å². The Kier molecular flexibility index (Phi) is 4.37. The lowest BCUT2D eigenvalue weighted by atomic mass is 10.0. The average Bonchev–Trinajstić information content (AvgIpc) is 2.83. The number of sulfone groups is 1. The van der Waals surface area contributed by atoms with Crippen LogP contribution in [0.4, 0.5) is 0 Å². The van der Waals surface area contributed by atoms with Crippen LogP contribution in [0.3, 0.4) is 0 Å². The van der Waals surface area contributed by atoms with Crippen molar-refractivity contribution >= 4 is 15.7 Å². The van der Waals surface area contributed by atoms with E-state index in [0.29, 0.717) is 24.5 Å². The summed E-state index contributed by atoms with van der Waals surface area (Å²) in [5.74, 6) is 0.631. The molecule has 2 aliphatic heterocycles. The predicted molar refractivity (Wildman–Crippen MR) is 85.9 cm³/mol. The van der Waals surface area contributed by atoms with Crippen molar-refractivity contribution in [2.75, 3.05) is 31.1 Å². The summed E-state index contributed by atoms with van der Waals surface area (Å²) in [4.78, 5) is 24.8. The lowest BCUT2D eigenvalue weighted by molar-refractivity contribution is 0.0332. The van der Waals surface area contributed by atoms with Gasteiger partial charge >= 0.3 is 0 Å². The molecule has 1 aromatic rings. The lowest BCUT2D eigenvalue weighted by Gasteiger charge is -2.43. The summed E-state index contributed by atoms with van der Waals surface area (Å²) in [5, 5.41) is 0. The first-order valence-electron chi connectivity index (χ1n) is 7.95. The quantitative estimate of drug-likeness (QED) is 0.778. The second-order valence-electron chi connectivity index (χ2n) is 6.27. The van der Waals surface area contributed by atoms with E-state index in [-0.39, 0.29) is 29.5 Å². The third kappa shape index (κ3) is 3.23. The van der Waals surface area contributed by atoms with Gasteiger partial charge < -0.3 is 4.90 Å². The SMILES string of the molecule is CCCN1CCN(C(=O)c2cnc(C)nc2)[C@H]2CS(=O)(=O)C[C@H]21. The van der Waals surface area contributed by atoms with Crippen LogP contribution in [0.25, 0.3) is 0 Å². The van der Waals surface area contributed by atoms with Crippen molar-refractivity contribution in [3.63, 3.8) is 0 Å². The molecule has 8 heteroatoms. The number of carbonyl (C=O) groups excluding carboxylic acids is 1. The fourth-order valence-electron chi connectivity index (χ4n) is 3.51. The molecule has 3 heterocycles. The fourth-order valence-corrected chi connectivity index (χ4v) is 5.52. The summed E-state index contributed by atoms with van der Waals surface area (Å²) < 4.78 is 24.2. The third-order valence-corrected chi connectivity index (χ3v) is 6.29. The third-order valence-electron chi connectivity index (χ3n) is 4.59. The zero-order valence-electron chi connectivity index (χ0n) is 13.5. The van der Waals surface area contributed by atoms with Crippen LogP contribution >= 0.6 is 0 Å². The smallest absolute Gasteiger partial charge is 0.257 e. The Balaban J connectivity index is 1.86. The van der Waals surface area contributed by atoms with Gasteiger partial charge in [-0.2, -0.15) is 0 Å². The molecule has 3 rings (SSSR count). The summed E-state index contributed by atoms with van der Waals surface area (Å²) in [6.45, 7) is 5.97. The molecule has 0 aromatic carbocycles. The minimum absolute atomic E-state index is 0.0519. The van der Waals surface area contributed by atoms with Crippen LogP contribution in [0, 0.1) is 6.92 Å². The maximum absolute atomic E-state index is 12.8. The monoisotopic (exact) mass is 338 g/mol. The Bertz CT molecular complexity index is 689. The van der Waals surface area contributed by atoms with Gasteiger partial charge in [0.1, 0.15) is 5.82 Å². The van der Waals surface area contributed by atoms with E-state index in [0.717, 1.165) is 13.0 Å². The van der Waals surface area contributed by atoms with Crippen LogP contribution in [-0.2, 0) is 9.84 Å². The molecular formula is C15H22N4O3S. The van der Waals surface area contributed by atoms with Gasteiger partial charge in [0.25, 0.3) is 5.91 Å². The number of aromatic nitrogens is 2. The number of nitrogens with zero attached hydrogens (tertiary/aromatic N) is 4. The van der Waals surface area contributed by atoms with E-state index in [9.17, 15) is 13.2 Å². The van der Waals surface area contributed by atoms with Crippen LogP contribution < -0.4 is 0 Å². The molecule has 1 aromatic heterocycles. The molecular weight excluding hydrogens is 316 g/mol. The van der Waals surface area contributed by atoms with Gasteiger partial charge in [0.15, 0.2) is 9.84 Å². The highest BCUT2D eigenvalue weighted by Gasteiger charge is 2.47. The highest BCUT2D eigenvalue weighted by Crippen LogP contribution is 2.28. The number of amides is 1. The molecule has 0 radical (unpaired) electrons. The van der Waals surface area contributed by atoms with Gasteiger partial charge in [-0.25, -0.2) is 18.4 Å². The molecule has 2 aliphatic rings. The van der Waals surface area contributed by atoms with Crippen LogP contribution in [0.5, 0.6) is 0 Å². The minimum Gasteiger partial charge on any atom is -0.332 e. The summed E-state index contributed by atoms with van der Waals surface area (Å²) in [7, 11) is -3.10. The van der Waals surface area contributed by atoms with Gasteiger partial charge in [-0.15, -0.1) is 0 Å². The van der Waals surface area contributed by atoms with Gasteiger partial charge in [0.2, 0.25) is 0 Å². The van der Waals surface area contributed by atoms with Crippen molar-refractivity contribution < 1.29 is 13.2 Å². The van der Waals surface area contributed by atoms with Crippen molar-refractivity contribution in [1.82, 2.24) is 19.8 Å². The van der Waals surface area contributed by atoms with Gasteiger partial charge in [-0.1, -0.05) is 6.92 Å². The topological polar surface area (TPSA) is 83.5 Å². The fraction of sp³-hybridized carbons (Fsp3) is 0.667. The van der Waals surface area contributed by atoms with E-state index < -0.39 is 9.84 Å². The van der Waals surface area contributed by atoms with Gasteiger partial charge in [-0.3, -0.25) is 9.69 Å². The van der Waals surface area contributed by atoms with E-state index in [1.54, 1.807) is 11.8 Å². The molecule has 0 N–H and O–H groups in total. The number of piperazine rings is 1. The first kappa shape index (κ1) is 16.3. The molecule has 2 atom stereocenters. The highest BCUT2D eigenvalue weighted by molar-refractivity contribution is 7.91. The molecule has 2 fully saturated rings. The summed E-state index contributed by atoms with van der Waals surface area (Å²) in [6, 6.07) is -0.363. The molecule has 7 nitrogen and oxygen atoms in total. The van der Waals surface area contributed by atoms with Crippen LogP contribution in [-0.4, -0.2) is 77.3 Å². The van der Waals surface area contributed by atoms with Crippen LogP contribution in [0.1, 0.15) is 29.5 Å². The second kappa shape index (κ2) is 6.16. The number of aryl methyl sites for hydroxylation is 1. The first-order valence-corrected chi connectivity index (χ1v) is 9.77. The molecule has 0 aliphatic carbocycles. The van der Waals surface area contributed by atoms with Gasteiger partial charge in [-0.05, 0) is 19.9 Å². The van der Waals surface area contributed by atoms with E-state index in [1.165, 1.54) is 12.4 Å². The number of fused-ring (bicyclic) bond motifs is 1. The first-order chi connectivity index (χ1) is 10.9. The summed E-state index contributed by atoms with van der Waals surface area (Å²) in [5.41, 5.74) is 0.419. The summed E-state index contributed by atoms with van der Waals surface area (Å²) >= 11 is 0. The predicted octanol–water partition coefficient (Wildman–Crippen LogP) is 0.118. The summed E-state index contributed by atoms with van der Waals surface area (Å²) in [6.07, 6.45) is 4.01. The number of hydrogen-bond donors (Lipinski definition) is 0. The normalized spacial score (nSPS) is 27.0. The number of rotatable bonds is 3. The molecule has 1 amide bonds. The van der Waals surface area contributed by atoms with E-state index in [4.69, 9.17) is 0 Å². The molecule has 0 bridgehead atoms. The van der Waals surface area contributed by atoms with Crippen molar-refractivity contribution in [2.24, 2.45) is 0 Å². The molecule has 126 valence electrons. The van der Waals surface area contributed by atoms with Crippen molar-refractivity contribution in [3.8, 4) is 0 Å². The Morgan fingerprint density at radius 3 is 2.52 bits per heavy atom. The second-order valence-corrected chi connectivity index (χ2v) is 8.42. The molecule has 2 saturated heterocycles. The van der Waals surface area contributed by atoms with Crippen molar-refractivity contribution in [3.05, 3.63) is 23.8 Å².